The van der Waals surface area contributed by atoms with Crippen LogP contribution in [0.2, 0.25) is 0 Å². The summed E-state index contributed by atoms with van der Waals surface area (Å²) in [6, 6.07) is 21.8. The number of nitrogens with one attached hydrogen (secondary N) is 1. The molecular weight excluding hydrogens is 468 g/mol. The predicted molar refractivity (Wildman–Crippen MR) is 140 cm³/mol. The van der Waals surface area contributed by atoms with Gasteiger partial charge in [0.05, 0.1) is 18.2 Å². The third-order valence-electron chi connectivity index (χ3n) is 6.87. The molecule has 1 aliphatic carbocycles. The fraction of sp³-hybridized carbons (Fsp3) is 0.233. The van der Waals surface area contributed by atoms with Gasteiger partial charge in [0.2, 0.25) is 5.60 Å². The van der Waals surface area contributed by atoms with Crippen molar-refractivity contribution in [2.45, 2.75) is 37.2 Å². The Labute approximate surface area is 214 Å². The number of aliphatic hydroxyl groups is 1. The lowest BCUT2D eigenvalue weighted by Crippen LogP contribution is -2.44. The van der Waals surface area contributed by atoms with Crippen molar-refractivity contribution < 1.29 is 19.2 Å². The van der Waals surface area contributed by atoms with E-state index >= 15 is 0 Å². The Hall–Kier alpha value is -4.41. The van der Waals surface area contributed by atoms with Gasteiger partial charge in [-0.15, -0.1) is 0 Å². The summed E-state index contributed by atoms with van der Waals surface area (Å²) in [5.74, 6) is 5.89. The van der Waals surface area contributed by atoms with Crippen LogP contribution in [0.25, 0.3) is 10.8 Å². The number of hydrogen-bond acceptors (Lipinski definition) is 6. The van der Waals surface area contributed by atoms with Crippen LogP contribution in [0.4, 0.5) is 5.69 Å². The standard InChI is InChI=1S/C30H26N2O5/c1-20-26-18-23(10-13-25(26)27(33)37-32-20)31-28(34)30(35,15-14-21-8-11-24(36-2)12-9-21)19-29(16-17-29)22-6-4-3-5-7-22/h3-13,18,35H,16-17,19H2,1-2H3,(H,31,34). The van der Waals surface area contributed by atoms with Crippen LogP contribution in [0.3, 0.4) is 0 Å². The molecule has 37 heavy (non-hydrogen) atoms. The number of amides is 1. The summed E-state index contributed by atoms with van der Waals surface area (Å²) in [5.41, 5.74) is -0.195. The molecule has 1 heterocycles. The molecule has 1 atom stereocenters. The van der Waals surface area contributed by atoms with E-state index in [9.17, 15) is 14.7 Å². The van der Waals surface area contributed by atoms with Crippen LogP contribution in [0.5, 0.6) is 5.75 Å². The molecular formula is C30H26N2O5. The van der Waals surface area contributed by atoms with E-state index in [4.69, 9.17) is 9.26 Å². The van der Waals surface area contributed by atoms with E-state index in [1.807, 2.05) is 30.3 Å². The van der Waals surface area contributed by atoms with Crippen molar-refractivity contribution in [1.29, 1.82) is 0 Å². The van der Waals surface area contributed by atoms with Crippen molar-refractivity contribution in [3.63, 3.8) is 0 Å². The average Bonchev–Trinajstić information content (AvgIpc) is 3.71. The molecule has 1 amide bonds. The summed E-state index contributed by atoms with van der Waals surface area (Å²) in [6.07, 6.45) is 1.86. The first-order valence-electron chi connectivity index (χ1n) is 12.0. The number of hydrogen-bond donors (Lipinski definition) is 2. The van der Waals surface area contributed by atoms with Crippen molar-refractivity contribution in [1.82, 2.24) is 5.16 Å². The maximum Gasteiger partial charge on any atom is 0.366 e. The van der Waals surface area contributed by atoms with Crippen molar-refractivity contribution in [3.05, 3.63) is 100 Å². The number of nitrogens with zero attached hydrogens (tertiary/aromatic N) is 1. The third kappa shape index (κ3) is 4.97. The molecule has 186 valence electrons. The van der Waals surface area contributed by atoms with E-state index in [1.165, 1.54) is 0 Å². The zero-order chi connectivity index (χ0) is 26.0. The highest BCUT2D eigenvalue weighted by Crippen LogP contribution is 2.53. The Morgan fingerprint density at radius 2 is 1.84 bits per heavy atom. The number of aromatic nitrogens is 1. The quantitative estimate of drug-likeness (QED) is 0.387. The summed E-state index contributed by atoms with van der Waals surface area (Å²) >= 11 is 0. The summed E-state index contributed by atoms with van der Waals surface area (Å²) in [4.78, 5) is 25.6. The van der Waals surface area contributed by atoms with Gasteiger partial charge in [0.1, 0.15) is 5.75 Å². The topological polar surface area (TPSA) is 102 Å². The van der Waals surface area contributed by atoms with Gasteiger partial charge in [-0.2, -0.15) is 0 Å². The molecule has 2 N–H and O–H groups in total. The second-order valence-corrected chi connectivity index (χ2v) is 9.43. The highest BCUT2D eigenvalue weighted by Gasteiger charge is 2.52. The minimum Gasteiger partial charge on any atom is -0.497 e. The molecule has 1 unspecified atom stereocenters. The highest BCUT2D eigenvalue weighted by atomic mass is 16.5. The van der Waals surface area contributed by atoms with E-state index in [-0.39, 0.29) is 11.8 Å². The van der Waals surface area contributed by atoms with Crippen molar-refractivity contribution >= 4 is 22.4 Å². The third-order valence-corrected chi connectivity index (χ3v) is 6.87. The Kier molecular flexibility index (Phi) is 6.28. The first-order valence-corrected chi connectivity index (χ1v) is 12.0. The molecule has 7 nitrogen and oxygen atoms in total. The van der Waals surface area contributed by atoms with Gasteiger partial charge in [0, 0.05) is 23.1 Å². The Balaban J connectivity index is 1.49. The predicted octanol–water partition coefficient (Wildman–Crippen LogP) is 4.35. The monoisotopic (exact) mass is 494 g/mol. The minimum atomic E-state index is -1.97. The van der Waals surface area contributed by atoms with Gasteiger partial charge in [0.25, 0.3) is 5.91 Å². The fourth-order valence-corrected chi connectivity index (χ4v) is 4.57. The number of carbonyl (C=O) groups excluding carboxylic acids is 1. The minimum absolute atomic E-state index is 0.150. The normalized spacial score (nSPS) is 15.2. The second-order valence-electron chi connectivity index (χ2n) is 9.43. The lowest BCUT2D eigenvalue weighted by Gasteiger charge is -2.27. The Morgan fingerprint density at radius 3 is 2.51 bits per heavy atom. The van der Waals surface area contributed by atoms with Crippen LogP contribution in [0.15, 0.2) is 82.1 Å². The number of benzene rings is 3. The van der Waals surface area contributed by atoms with Crippen molar-refractivity contribution in [3.8, 4) is 17.6 Å². The molecule has 0 aliphatic heterocycles. The maximum atomic E-state index is 13.6. The molecule has 0 saturated heterocycles. The van der Waals surface area contributed by atoms with Crippen LogP contribution in [0.1, 0.15) is 36.1 Å². The van der Waals surface area contributed by atoms with Gasteiger partial charge in [0.15, 0.2) is 0 Å². The zero-order valence-electron chi connectivity index (χ0n) is 20.6. The van der Waals surface area contributed by atoms with E-state index in [2.05, 4.69) is 22.3 Å². The van der Waals surface area contributed by atoms with E-state index in [1.54, 1.807) is 56.5 Å². The molecule has 3 aromatic carbocycles. The van der Waals surface area contributed by atoms with Gasteiger partial charge < -0.3 is 19.7 Å². The highest BCUT2D eigenvalue weighted by molar-refractivity contribution is 6.01. The average molecular weight is 495 g/mol. The molecule has 4 aromatic rings. The molecule has 0 spiro atoms. The lowest BCUT2D eigenvalue weighted by molar-refractivity contribution is -0.129. The first kappa shape index (κ1) is 24.3. The molecule has 5 rings (SSSR count). The second kappa shape index (κ2) is 9.57. The number of anilines is 1. The Morgan fingerprint density at radius 1 is 1.11 bits per heavy atom. The van der Waals surface area contributed by atoms with Crippen LogP contribution in [0, 0.1) is 18.8 Å². The number of carbonyl (C=O) groups is 1. The van der Waals surface area contributed by atoms with Gasteiger partial charge in [-0.25, -0.2) is 4.79 Å². The zero-order valence-corrected chi connectivity index (χ0v) is 20.6. The molecule has 0 bridgehead atoms. The van der Waals surface area contributed by atoms with Crippen LogP contribution in [-0.4, -0.2) is 28.9 Å². The van der Waals surface area contributed by atoms with E-state index in [0.717, 1.165) is 18.4 Å². The summed E-state index contributed by atoms with van der Waals surface area (Å²) in [7, 11) is 1.58. The fourth-order valence-electron chi connectivity index (χ4n) is 4.57. The smallest absolute Gasteiger partial charge is 0.366 e. The van der Waals surface area contributed by atoms with Crippen molar-refractivity contribution in [2.24, 2.45) is 0 Å². The summed E-state index contributed by atoms with van der Waals surface area (Å²) < 4.78 is 9.98. The number of fused-ring (bicyclic) bond motifs is 1. The van der Waals surface area contributed by atoms with Gasteiger partial charge in [-0.05, 0) is 73.2 Å². The van der Waals surface area contributed by atoms with Gasteiger partial charge in [-0.1, -0.05) is 47.3 Å². The van der Waals surface area contributed by atoms with Crippen molar-refractivity contribution in [2.75, 3.05) is 12.4 Å². The number of rotatable bonds is 6. The Bertz CT molecular complexity index is 1580. The maximum absolute atomic E-state index is 13.6. The largest absolute Gasteiger partial charge is 0.497 e. The van der Waals surface area contributed by atoms with Crippen LogP contribution < -0.4 is 15.7 Å². The van der Waals surface area contributed by atoms with Crippen LogP contribution in [-0.2, 0) is 10.2 Å². The first-order chi connectivity index (χ1) is 17.8. The number of ether oxygens (including phenoxy) is 1. The SMILES string of the molecule is COc1ccc(C#CC(O)(CC2(c3ccccc3)CC2)C(=O)Nc2ccc3c(=O)onc(C)c3c2)cc1. The molecule has 1 fully saturated rings. The van der Waals surface area contributed by atoms with E-state index < -0.39 is 17.1 Å². The van der Waals surface area contributed by atoms with Crippen LogP contribution >= 0.6 is 0 Å². The molecule has 1 aromatic heterocycles. The summed E-state index contributed by atoms with van der Waals surface area (Å²) in [5, 5.41) is 19.3. The number of methoxy groups -OCH3 is 1. The van der Waals surface area contributed by atoms with E-state index in [0.29, 0.717) is 33.5 Å². The van der Waals surface area contributed by atoms with Gasteiger partial charge >= 0.3 is 5.63 Å². The lowest BCUT2D eigenvalue weighted by atomic mass is 9.82. The molecule has 0 radical (unpaired) electrons. The molecule has 1 aliphatic rings. The molecule has 7 heteroatoms. The number of aryl methyl sites for hydroxylation is 1. The van der Waals surface area contributed by atoms with Gasteiger partial charge in [-0.3, -0.25) is 4.79 Å². The summed E-state index contributed by atoms with van der Waals surface area (Å²) in [6.45, 7) is 1.71. The molecule has 1 saturated carbocycles.